The average molecular weight is 446 g/mol. The Morgan fingerprint density at radius 1 is 1.06 bits per heavy atom. The quantitative estimate of drug-likeness (QED) is 0.563. The molecule has 0 atom stereocenters. The first-order chi connectivity index (χ1) is 15.7. The number of pyridine rings is 1. The zero-order valence-electron chi connectivity index (χ0n) is 19.4. The summed E-state index contributed by atoms with van der Waals surface area (Å²) in [6.45, 7) is 10.5. The third-order valence-electron chi connectivity index (χ3n) is 5.90. The molecule has 0 saturated carbocycles. The molecule has 2 heterocycles. The number of hydrazone groups is 1. The average Bonchev–Trinajstić information content (AvgIpc) is 2.80. The molecule has 0 amide bonds. The van der Waals surface area contributed by atoms with Crippen molar-refractivity contribution in [2.45, 2.75) is 39.3 Å². The van der Waals surface area contributed by atoms with E-state index in [2.05, 4.69) is 37.4 Å². The molecule has 1 aromatic heterocycles. The molecule has 4 rings (SSSR count). The first-order valence-electron chi connectivity index (χ1n) is 10.8. The molecule has 0 radical (unpaired) electrons. The summed E-state index contributed by atoms with van der Waals surface area (Å²) in [6.07, 6.45) is 3.36. The van der Waals surface area contributed by atoms with Gasteiger partial charge in [-0.05, 0) is 57.5 Å². The van der Waals surface area contributed by atoms with Crippen LogP contribution >= 0.6 is 0 Å². The SMILES string of the molecule is C=C1c2c(F)cc(C(C)(C)C)cc2C=NN1Cc1ccc(-c2ccnc(OC)c2)cc1CO. The molecule has 1 N–H and O–H groups in total. The molecular formula is C27H28FN3O2. The van der Waals surface area contributed by atoms with Crippen LogP contribution in [0.15, 0.2) is 60.3 Å². The van der Waals surface area contributed by atoms with Crippen molar-refractivity contribution in [3.05, 3.63) is 88.9 Å². The van der Waals surface area contributed by atoms with Gasteiger partial charge in [0.25, 0.3) is 0 Å². The number of aromatic nitrogens is 1. The molecule has 0 bridgehead atoms. The maximum Gasteiger partial charge on any atom is 0.213 e. The summed E-state index contributed by atoms with van der Waals surface area (Å²) in [5.74, 6) is 0.222. The van der Waals surface area contributed by atoms with Crippen molar-refractivity contribution >= 4 is 11.9 Å². The van der Waals surface area contributed by atoms with Gasteiger partial charge >= 0.3 is 0 Å². The van der Waals surface area contributed by atoms with Crippen molar-refractivity contribution in [2.24, 2.45) is 5.10 Å². The number of halogens is 1. The fraction of sp³-hybridized carbons (Fsp3) is 0.259. The van der Waals surface area contributed by atoms with E-state index in [0.717, 1.165) is 33.4 Å². The van der Waals surface area contributed by atoms with Gasteiger partial charge in [0.2, 0.25) is 5.88 Å². The van der Waals surface area contributed by atoms with Crippen LogP contribution in [-0.4, -0.2) is 28.4 Å². The van der Waals surface area contributed by atoms with Crippen LogP contribution < -0.4 is 4.74 Å². The third kappa shape index (κ3) is 4.52. The van der Waals surface area contributed by atoms with Gasteiger partial charge in [-0.2, -0.15) is 5.10 Å². The molecule has 6 heteroatoms. The lowest BCUT2D eigenvalue weighted by Crippen LogP contribution is -2.23. The summed E-state index contributed by atoms with van der Waals surface area (Å²) < 4.78 is 20.3. The number of aliphatic hydroxyl groups excluding tert-OH is 1. The van der Waals surface area contributed by atoms with Gasteiger partial charge in [0, 0.05) is 23.4 Å². The van der Waals surface area contributed by atoms with Crippen molar-refractivity contribution in [3.63, 3.8) is 0 Å². The van der Waals surface area contributed by atoms with Crippen LogP contribution in [0.4, 0.5) is 4.39 Å². The van der Waals surface area contributed by atoms with Gasteiger partial charge in [0.1, 0.15) is 5.82 Å². The van der Waals surface area contributed by atoms with Gasteiger partial charge in [-0.3, -0.25) is 5.01 Å². The number of benzene rings is 2. The van der Waals surface area contributed by atoms with Gasteiger partial charge in [-0.1, -0.05) is 39.5 Å². The maximum atomic E-state index is 15.1. The molecule has 33 heavy (non-hydrogen) atoms. The molecule has 1 aliphatic heterocycles. The monoisotopic (exact) mass is 445 g/mol. The lowest BCUT2D eigenvalue weighted by Gasteiger charge is -2.29. The smallest absolute Gasteiger partial charge is 0.213 e. The topological polar surface area (TPSA) is 58.0 Å². The van der Waals surface area contributed by atoms with Gasteiger partial charge in [-0.15, -0.1) is 0 Å². The van der Waals surface area contributed by atoms with Crippen LogP contribution in [0, 0.1) is 5.82 Å². The Kier molecular flexibility index (Phi) is 6.04. The van der Waals surface area contributed by atoms with E-state index in [0.29, 0.717) is 23.7 Å². The van der Waals surface area contributed by atoms with Crippen molar-refractivity contribution < 1.29 is 14.2 Å². The summed E-state index contributed by atoms with van der Waals surface area (Å²) in [7, 11) is 1.57. The van der Waals surface area contributed by atoms with E-state index in [1.807, 2.05) is 36.4 Å². The van der Waals surface area contributed by atoms with Gasteiger partial charge in [0.05, 0.1) is 32.2 Å². The minimum atomic E-state index is -0.303. The van der Waals surface area contributed by atoms with Crippen molar-refractivity contribution in [1.82, 2.24) is 9.99 Å². The number of hydrogen-bond donors (Lipinski definition) is 1. The van der Waals surface area contributed by atoms with Crippen molar-refractivity contribution in [2.75, 3.05) is 7.11 Å². The molecule has 0 aliphatic carbocycles. The van der Waals surface area contributed by atoms with E-state index in [-0.39, 0.29) is 17.8 Å². The fourth-order valence-electron chi connectivity index (χ4n) is 3.90. The first-order valence-corrected chi connectivity index (χ1v) is 10.8. The highest BCUT2D eigenvalue weighted by Gasteiger charge is 2.25. The Morgan fingerprint density at radius 3 is 2.52 bits per heavy atom. The second-order valence-corrected chi connectivity index (χ2v) is 9.15. The first kappa shape index (κ1) is 22.7. The summed E-state index contributed by atoms with van der Waals surface area (Å²) in [6, 6.07) is 13.2. The normalized spacial score (nSPS) is 13.3. The van der Waals surface area contributed by atoms with E-state index < -0.39 is 0 Å². The predicted molar refractivity (Wildman–Crippen MR) is 129 cm³/mol. The Bertz CT molecular complexity index is 1240. The van der Waals surface area contributed by atoms with Crippen molar-refractivity contribution in [3.8, 4) is 17.0 Å². The zero-order valence-corrected chi connectivity index (χ0v) is 19.4. The number of rotatable bonds is 5. The van der Waals surface area contributed by atoms with E-state index in [1.165, 1.54) is 0 Å². The molecular weight excluding hydrogens is 417 g/mol. The minimum absolute atomic E-state index is 0.130. The summed E-state index contributed by atoms with van der Waals surface area (Å²) in [4.78, 5) is 4.14. The lowest BCUT2D eigenvalue weighted by molar-refractivity contribution is 0.278. The third-order valence-corrected chi connectivity index (χ3v) is 5.90. The lowest BCUT2D eigenvalue weighted by atomic mass is 9.84. The van der Waals surface area contributed by atoms with E-state index in [4.69, 9.17) is 4.74 Å². The highest BCUT2D eigenvalue weighted by molar-refractivity contribution is 5.91. The van der Waals surface area contributed by atoms with Crippen LogP contribution in [-0.2, 0) is 18.6 Å². The standard InChI is InChI=1S/C27H28FN3O2/c1-17-26-21(11-23(13-24(26)28)27(2,3)4)14-30-31(17)15-20-7-6-18(10-22(20)16-32)19-8-9-29-25(12-19)33-5/h6-14,32H,1,15-16H2,2-5H3. The zero-order chi connectivity index (χ0) is 23.8. The van der Waals surface area contributed by atoms with E-state index >= 15 is 4.39 Å². The molecule has 1 aliphatic rings. The Morgan fingerprint density at radius 2 is 1.82 bits per heavy atom. The van der Waals surface area contributed by atoms with E-state index in [1.54, 1.807) is 30.6 Å². The number of methoxy groups -OCH3 is 1. The Hall–Kier alpha value is -3.51. The van der Waals surface area contributed by atoms with Crippen LogP contribution in [0.3, 0.4) is 0 Å². The molecule has 170 valence electrons. The van der Waals surface area contributed by atoms with Crippen LogP contribution in [0.5, 0.6) is 5.88 Å². The maximum absolute atomic E-state index is 15.1. The fourth-order valence-corrected chi connectivity index (χ4v) is 3.90. The number of aliphatic hydroxyl groups is 1. The molecule has 0 saturated heterocycles. The number of fused-ring (bicyclic) bond motifs is 1. The second-order valence-electron chi connectivity index (χ2n) is 9.15. The molecule has 0 spiro atoms. The van der Waals surface area contributed by atoms with Crippen LogP contribution in [0.25, 0.3) is 16.8 Å². The van der Waals surface area contributed by atoms with E-state index in [9.17, 15) is 5.11 Å². The number of ether oxygens (including phenoxy) is 1. The molecule has 3 aromatic rings. The number of hydrogen-bond acceptors (Lipinski definition) is 5. The van der Waals surface area contributed by atoms with Gasteiger partial charge in [0.15, 0.2) is 0 Å². The predicted octanol–water partition coefficient (Wildman–Crippen LogP) is 5.51. The summed E-state index contributed by atoms with van der Waals surface area (Å²) >= 11 is 0. The molecule has 0 unspecified atom stereocenters. The molecule has 0 fully saturated rings. The second kappa shape index (κ2) is 8.79. The summed E-state index contributed by atoms with van der Waals surface area (Å²) in [5.41, 5.74) is 5.96. The Balaban J connectivity index is 1.62. The van der Waals surface area contributed by atoms with Crippen molar-refractivity contribution in [1.29, 1.82) is 0 Å². The van der Waals surface area contributed by atoms with Gasteiger partial charge < -0.3 is 9.84 Å². The highest BCUT2D eigenvalue weighted by atomic mass is 19.1. The largest absolute Gasteiger partial charge is 0.481 e. The molecule has 2 aromatic carbocycles. The van der Waals surface area contributed by atoms with Crippen LogP contribution in [0.2, 0.25) is 0 Å². The highest BCUT2D eigenvalue weighted by Crippen LogP contribution is 2.34. The minimum Gasteiger partial charge on any atom is -0.481 e. The number of nitrogens with zero attached hydrogens (tertiary/aromatic N) is 3. The van der Waals surface area contributed by atoms with Gasteiger partial charge in [-0.25, -0.2) is 9.37 Å². The Labute approximate surface area is 193 Å². The van der Waals surface area contributed by atoms with Crippen LogP contribution in [0.1, 0.15) is 48.6 Å². The molecule has 5 nitrogen and oxygen atoms in total. The summed E-state index contributed by atoms with van der Waals surface area (Å²) in [5, 5.41) is 16.2.